The smallest absolute Gasteiger partial charge is 0.305 e. The van der Waals surface area contributed by atoms with E-state index in [1.54, 1.807) is 23.9 Å². The van der Waals surface area contributed by atoms with Gasteiger partial charge in [-0.3, -0.25) is 9.59 Å². The Morgan fingerprint density at radius 2 is 2.00 bits per heavy atom. The first-order chi connectivity index (χ1) is 13.6. The van der Waals surface area contributed by atoms with Crippen molar-refractivity contribution in [2.45, 2.75) is 19.6 Å². The van der Waals surface area contributed by atoms with Gasteiger partial charge < -0.3 is 14.4 Å². The van der Waals surface area contributed by atoms with Crippen molar-refractivity contribution in [3.63, 3.8) is 0 Å². The van der Waals surface area contributed by atoms with Gasteiger partial charge in [-0.05, 0) is 11.6 Å². The lowest BCUT2D eigenvalue weighted by Gasteiger charge is -2.07. The summed E-state index contributed by atoms with van der Waals surface area (Å²) in [5.74, 6) is -0.954. The maximum atomic E-state index is 12.7. The van der Waals surface area contributed by atoms with Crippen molar-refractivity contribution in [2.75, 3.05) is 7.11 Å². The molecule has 0 aliphatic carbocycles. The Kier molecular flexibility index (Phi) is 4.62. The van der Waals surface area contributed by atoms with Crippen LogP contribution in [0.15, 0.2) is 53.6 Å². The molecule has 28 heavy (non-hydrogen) atoms. The fourth-order valence-electron chi connectivity index (χ4n) is 3.28. The van der Waals surface area contributed by atoms with E-state index in [1.165, 1.54) is 10.8 Å². The summed E-state index contributed by atoms with van der Waals surface area (Å²) in [5.41, 5.74) is 3.50. The summed E-state index contributed by atoms with van der Waals surface area (Å²) in [6, 6.07) is 11.5. The van der Waals surface area contributed by atoms with Crippen LogP contribution in [0.1, 0.15) is 12.1 Å². The molecule has 0 bridgehead atoms. The lowest BCUT2D eigenvalue weighted by molar-refractivity contribution is -0.137. The number of ether oxygens (including phenoxy) is 1. The summed E-state index contributed by atoms with van der Waals surface area (Å²) in [5, 5.41) is 13.9. The number of fused-ring (bicyclic) bond motifs is 3. The van der Waals surface area contributed by atoms with E-state index in [1.807, 2.05) is 30.3 Å². The lowest BCUT2D eigenvalue weighted by Crippen LogP contribution is -2.21. The zero-order valence-corrected chi connectivity index (χ0v) is 15.2. The highest BCUT2D eigenvalue weighted by Crippen LogP contribution is 2.29. The summed E-state index contributed by atoms with van der Waals surface area (Å²) >= 11 is 0. The highest BCUT2D eigenvalue weighted by molar-refractivity contribution is 5.86. The Morgan fingerprint density at radius 1 is 1.21 bits per heavy atom. The zero-order valence-electron chi connectivity index (χ0n) is 15.2. The summed E-state index contributed by atoms with van der Waals surface area (Å²) in [6.45, 7) is 0.413. The third kappa shape index (κ3) is 3.03. The van der Waals surface area contributed by atoms with Crippen LogP contribution in [-0.4, -0.2) is 37.4 Å². The Bertz CT molecular complexity index is 1230. The minimum absolute atomic E-state index is 0.103. The Balaban J connectivity index is 1.94. The maximum Gasteiger partial charge on any atom is 0.305 e. The number of methoxy groups -OCH3 is 1. The summed E-state index contributed by atoms with van der Waals surface area (Å²) in [4.78, 5) is 28.0. The number of carboxylic acids is 1. The molecule has 0 fully saturated rings. The summed E-state index contributed by atoms with van der Waals surface area (Å²) < 4.78 is 8.33. The number of pyridine rings is 1. The average molecular weight is 378 g/mol. The molecular formula is C20H18N4O4. The van der Waals surface area contributed by atoms with Gasteiger partial charge in [-0.25, -0.2) is 9.50 Å². The van der Waals surface area contributed by atoms with Crippen molar-refractivity contribution in [3.8, 4) is 11.1 Å². The van der Waals surface area contributed by atoms with E-state index >= 15 is 0 Å². The van der Waals surface area contributed by atoms with Crippen LogP contribution in [0.3, 0.4) is 0 Å². The van der Waals surface area contributed by atoms with E-state index in [0.717, 1.165) is 16.8 Å². The number of carbonyl (C=O) groups is 1. The molecule has 0 aliphatic rings. The molecule has 8 heteroatoms. The number of aliphatic carboxylic acids is 1. The second-order valence-corrected chi connectivity index (χ2v) is 6.37. The molecule has 1 aromatic carbocycles. The third-order valence-corrected chi connectivity index (χ3v) is 4.57. The second kappa shape index (κ2) is 7.24. The van der Waals surface area contributed by atoms with Gasteiger partial charge in [-0.15, -0.1) is 0 Å². The summed E-state index contributed by atoms with van der Waals surface area (Å²) in [7, 11) is 1.60. The molecular weight excluding hydrogens is 360 g/mol. The van der Waals surface area contributed by atoms with Crippen LogP contribution in [0.4, 0.5) is 0 Å². The van der Waals surface area contributed by atoms with Crippen LogP contribution in [0.2, 0.25) is 0 Å². The maximum absolute atomic E-state index is 12.7. The molecule has 0 saturated heterocycles. The van der Waals surface area contributed by atoms with E-state index < -0.39 is 5.97 Å². The molecule has 8 nitrogen and oxygen atoms in total. The standard InChI is InChI=1S/C20H18N4O4/c1-28-12-15-18(13-5-3-2-4-6-13)19-21-11-14-16(24(19)22-15)7-9-23(20(14)27)10-8-17(25)26/h2-7,9,11H,8,10,12H2,1H3,(H,25,26). The fraction of sp³-hybridized carbons (Fsp3) is 0.200. The molecule has 0 saturated carbocycles. The first-order valence-electron chi connectivity index (χ1n) is 8.76. The Labute approximate surface area is 159 Å². The van der Waals surface area contributed by atoms with Crippen molar-refractivity contribution >= 4 is 22.5 Å². The molecule has 0 amide bonds. The number of rotatable bonds is 6. The quantitative estimate of drug-likeness (QED) is 0.553. The van der Waals surface area contributed by atoms with Gasteiger partial charge >= 0.3 is 5.97 Å². The number of aryl methyl sites for hydroxylation is 1. The molecule has 0 radical (unpaired) electrons. The van der Waals surface area contributed by atoms with Crippen LogP contribution >= 0.6 is 0 Å². The topological polar surface area (TPSA) is 98.7 Å². The average Bonchev–Trinajstić information content (AvgIpc) is 3.06. The summed E-state index contributed by atoms with van der Waals surface area (Å²) in [6.07, 6.45) is 2.99. The number of nitrogens with zero attached hydrogens (tertiary/aromatic N) is 4. The minimum Gasteiger partial charge on any atom is -0.481 e. The van der Waals surface area contributed by atoms with Crippen LogP contribution < -0.4 is 5.56 Å². The molecule has 0 aliphatic heterocycles. The van der Waals surface area contributed by atoms with Gasteiger partial charge in [0, 0.05) is 26.0 Å². The van der Waals surface area contributed by atoms with Gasteiger partial charge in [0.05, 0.1) is 35.2 Å². The lowest BCUT2D eigenvalue weighted by atomic mass is 10.1. The Morgan fingerprint density at radius 3 is 2.71 bits per heavy atom. The molecule has 1 N–H and O–H groups in total. The Hall–Kier alpha value is -3.52. The van der Waals surface area contributed by atoms with Gasteiger partial charge in [-0.2, -0.15) is 5.10 Å². The highest BCUT2D eigenvalue weighted by Gasteiger charge is 2.18. The van der Waals surface area contributed by atoms with Gasteiger partial charge in [0.25, 0.3) is 5.56 Å². The monoisotopic (exact) mass is 378 g/mol. The normalized spacial score (nSPS) is 11.3. The van der Waals surface area contributed by atoms with E-state index in [9.17, 15) is 9.59 Å². The van der Waals surface area contributed by atoms with Gasteiger partial charge in [0.1, 0.15) is 0 Å². The zero-order chi connectivity index (χ0) is 19.7. The predicted molar refractivity (Wildman–Crippen MR) is 103 cm³/mol. The van der Waals surface area contributed by atoms with Gasteiger partial charge in [0.15, 0.2) is 5.65 Å². The van der Waals surface area contributed by atoms with Crippen molar-refractivity contribution in [2.24, 2.45) is 0 Å². The van der Waals surface area contributed by atoms with E-state index in [0.29, 0.717) is 23.2 Å². The molecule has 3 heterocycles. The number of hydrogen-bond donors (Lipinski definition) is 1. The third-order valence-electron chi connectivity index (χ3n) is 4.57. The van der Waals surface area contributed by atoms with Crippen LogP contribution in [0.25, 0.3) is 27.7 Å². The first-order valence-corrected chi connectivity index (χ1v) is 8.76. The number of hydrogen-bond acceptors (Lipinski definition) is 5. The molecule has 0 spiro atoms. The van der Waals surface area contributed by atoms with E-state index in [2.05, 4.69) is 10.1 Å². The van der Waals surface area contributed by atoms with E-state index in [4.69, 9.17) is 9.84 Å². The minimum atomic E-state index is -0.954. The van der Waals surface area contributed by atoms with Crippen molar-refractivity contribution in [1.29, 1.82) is 0 Å². The van der Waals surface area contributed by atoms with Crippen LogP contribution in [-0.2, 0) is 22.7 Å². The molecule has 3 aromatic heterocycles. The van der Waals surface area contributed by atoms with Crippen LogP contribution in [0.5, 0.6) is 0 Å². The molecule has 0 atom stereocenters. The largest absolute Gasteiger partial charge is 0.481 e. The molecule has 142 valence electrons. The highest BCUT2D eigenvalue weighted by atomic mass is 16.5. The predicted octanol–water partition coefficient (Wildman–Crippen LogP) is 2.33. The van der Waals surface area contributed by atoms with Gasteiger partial charge in [0.2, 0.25) is 0 Å². The molecule has 4 aromatic rings. The number of benzene rings is 1. The van der Waals surface area contributed by atoms with E-state index in [-0.39, 0.29) is 18.5 Å². The van der Waals surface area contributed by atoms with Crippen molar-refractivity contribution in [3.05, 3.63) is 64.8 Å². The number of aromatic nitrogens is 4. The fourth-order valence-corrected chi connectivity index (χ4v) is 3.28. The van der Waals surface area contributed by atoms with Crippen molar-refractivity contribution in [1.82, 2.24) is 19.2 Å². The molecule has 4 rings (SSSR count). The van der Waals surface area contributed by atoms with Crippen LogP contribution in [0, 0.1) is 0 Å². The second-order valence-electron chi connectivity index (χ2n) is 6.37. The SMILES string of the molecule is COCc1nn2c(ncc3c(=O)n(CCC(=O)O)ccc32)c1-c1ccccc1. The molecule has 0 unspecified atom stereocenters. The van der Waals surface area contributed by atoms with Crippen molar-refractivity contribution < 1.29 is 14.6 Å². The number of carboxylic acid groups (broad SMARTS) is 1. The first kappa shape index (κ1) is 17.9. The van der Waals surface area contributed by atoms with Gasteiger partial charge in [-0.1, -0.05) is 30.3 Å².